The lowest BCUT2D eigenvalue weighted by Gasteiger charge is -2.14. The molecule has 2 heterocycles. The molecule has 11 heteroatoms. The van der Waals surface area contributed by atoms with E-state index in [1.807, 2.05) is 0 Å². The zero-order valence-electron chi connectivity index (χ0n) is 18.2. The smallest absolute Gasteiger partial charge is 0.266 e. The number of methoxy groups -OCH3 is 1. The fourth-order valence-corrected chi connectivity index (χ4v) is 4.72. The number of thiocarbonyl (C=S) groups is 1. The molecule has 1 fully saturated rings. The second kappa shape index (κ2) is 10.9. The number of thioether (sulfide) groups is 1. The molecule has 1 aromatic heterocycles. The Bertz CT molecular complexity index is 1310. The number of hydrogen-bond donors (Lipinski definition) is 1. The molecule has 3 aromatic rings. The number of furan rings is 1. The normalized spacial score (nSPS) is 14.5. The predicted octanol–water partition coefficient (Wildman–Crippen LogP) is 5.50. The Balaban J connectivity index is 1.47. The van der Waals surface area contributed by atoms with Crippen LogP contribution in [0.3, 0.4) is 0 Å². The Labute approximate surface area is 214 Å². The van der Waals surface area contributed by atoms with Crippen LogP contribution in [0.1, 0.15) is 11.3 Å². The molecule has 1 saturated heterocycles. The molecule has 0 saturated carbocycles. The van der Waals surface area contributed by atoms with Crippen molar-refractivity contribution in [3.05, 3.63) is 81.9 Å². The maximum absolute atomic E-state index is 13.7. The molecule has 1 aliphatic heterocycles. The molecule has 1 aliphatic rings. The van der Waals surface area contributed by atoms with Crippen molar-refractivity contribution in [2.75, 3.05) is 19.0 Å². The number of nitrogens with zero attached hydrogens (tertiary/aromatic N) is 1. The average Bonchev–Trinajstić information content (AvgIpc) is 3.43. The number of nitrogens with one attached hydrogen (secondary N) is 1. The van der Waals surface area contributed by atoms with Crippen LogP contribution in [0.2, 0.25) is 5.02 Å². The van der Waals surface area contributed by atoms with Crippen LogP contribution >= 0.6 is 35.6 Å². The van der Waals surface area contributed by atoms with Gasteiger partial charge in [-0.3, -0.25) is 14.5 Å². The van der Waals surface area contributed by atoms with Gasteiger partial charge in [-0.05, 0) is 48.0 Å². The molecule has 1 N–H and O–H groups in total. The van der Waals surface area contributed by atoms with E-state index in [0.29, 0.717) is 20.5 Å². The van der Waals surface area contributed by atoms with Gasteiger partial charge in [0.2, 0.25) is 0 Å². The maximum atomic E-state index is 13.7. The Kier molecular flexibility index (Phi) is 7.74. The molecular formula is C24H18ClFN2O5S2. The van der Waals surface area contributed by atoms with E-state index in [0.717, 1.165) is 0 Å². The van der Waals surface area contributed by atoms with Crippen molar-refractivity contribution in [2.45, 2.75) is 6.54 Å². The Hall–Kier alpha value is -3.34. The van der Waals surface area contributed by atoms with Crippen LogP contribution in [0, 0.1) is 5.82 Å². The highest BCUT2D eigenvalue weighted by atomic mass is 35.5. The van der Waals surface area contributed by atoms with Gasteiger partial charge in [-0.1, -0.05) is 47.7 Å². The summed E-state index contributed by atoms with van der Waals surface area (Å²) in [6.45, 7) is -0.185. The summed E-state index contributed by atoms with van der Waals surface area (Å²) >= 11 is 12.9. The third-order valence-corrected chi connectivity index (χ3v) is 6.47. The fourth-order valence-electron chi connectivity index (χ4n) is 3.20. The van der Waals surface area contributed by atoms with Crippen LogP contribution in [0.15, 0.2) is 64.1 Å². The van der Waals surface area contributed by atoms with Crippen molar-refractivity contribution < 1.29 is 27.9 Å². The first-order chi connectivity index (χ1) is 16.9. The van der Waals surface area contributed by atoms with Crippen LogP contribution in [-0.4, -0.2) is 34.8 Å². The van der Waals surface area contributed by atoms with Gasteiger partial charge < -0.3 is 19.2 Å². The van der Waals surface area contributed by atoms with Gasteiger partial charge in [0.1, 0.15) is 15.9 Å². The van der Waals surface area contributed by atoms with Crippen LogP contribution in [0.5, 0.6) is 11.5 Å². The molecule has 0 atom stereocenters. The maximum Gasteiger partial charge on any atom is 0.266 e. The van der Waals surface area contributed by atoms with Crippen molar-refractivity contribution >= 4 is 63.5 Å². The number of halogens is 2. The Morgan fingerprint density at radius 1 is 1.29 bits per heavy atom. The molecule has 4 rings (SSSR count). The standard InChI is InChI=1S/C24H18ClFN2O5S2/c1-31-19-10-14(11-20-23(30)28(24(34)35-20)12-15-5-4-8-32-15)9-16(25)22(19)33-13-21(29)27-18-7-3-2-6-17(18)26/h2-11H,12-13H2,1H3,(H,27,29)/b20-11-. The number of rotatable bonds is 8. The highest BCUT2D eigenvalue weighted by Gasteiger charge is 2.32. The number of benzene rings is 2. The van der Waals surface area contributed by atoms with E-state index in [1.54, 1.807) is 36.4 Å². The second-order valence-electron chi connectivity index (χ2n) is 7.20. The van der Waals surface area contributed by atoms with Crippen molar-refractivity contribution in [3.8, 4) is 11.5 Å². The van der Waals surface area contributed by atoms with Crippen molar-refractivity contribution in [1.82, 2.24) is 4.90 Å². The van der Waals surface area contributed by atoms with Crippen LogP contribution in [-0.2, 0) is 16.1 Å². The molecular weight excluding hydrogens is 515 g/mol. The first-order valence-electron chi connectivity index (χ1n) is 10.2. The second-order valence-corrected chi connectivity index (χ2v) is 9.28. The third kappa shape index (κ3) is 5.84. The lowest BCUT2D eigenvalue weighted by atomic mass is 10.1. The van der Waals surface area contributed by atoms with Gasteiger partial charge in [-0.25, -0.2) is 4.39 Å². The lowest BCUT2D eigenvalue weighted by Crippen LogP contribution is -2.27. The zero-order chi connectivity index (χ0) is 24.9. The van der Waals surface area contributed by atoms with E-state index in [4.69, 9.17) is 37.7 Å². The number of anilines is 1. The van der Waals surface area contributed by atoms with Gasteiger partial charge in [0.15, 0.2) is 18.1 Å². The molecule has 2 aromatic carbocycles. The van der Waals surface area contributed by atoms with Gasteiger partial charge in [-0.2, -0.15) is 0 Å². The number of carbonyl (C=O) groups excluding carboxylic acids is 2. The van der Waals surface area contributed by atoms with Crippen LogP contribution < -0.4 is 14.8 Å². The minimum Gasteiger partial charge on any atom is -0.493 e. The van der Waals surface area contributed by atoms with E-state index in [-0.39, 0.29) is 34.7 Å². The molecule has 0 aliphatic carbocycles. The van der Waals surface area contributed by atoms with Crippen LogP contribution in [0.4, 0.5) is 10.1 Å². The largest absolute Gasteiger partial charge is 0.493 e. The van der Waals surface area contributed by atoms with Gasteiger partial charge >= 0.3 is 0 Å². The highest BCUT2D eigenvalue weighted by molar-refractivity contribution is 8.26. The molecule has 0 radical (unpaired) electrons. The van der Waals surface area contributed by atoms with Crippen LogP contribution in [0.25, 0.3) is 6.08 Å². The van der Waals surface area contributed by atoms with E-state index in [1.165, 1.54) is 48.2 Å². The summed E-state index contributed by atoms with van der Waals surface area (Å²) in [7, 11) is 1.42. The van der Waals surface area contributed by atoms with Gasteiger partial charge in [-0.15, -0.1) is 0 Å². The molecule has 7 nitrogen and oxygen atoms in total. The van der Waals surface area contributed by atoms with Crippen molar-refractivity contribution in [3.63, 3.8) is 0 Å². The molecule has 0 spiro atoms. The van der Waals surface area contributed by atoms with Gasteiger partial charge in [0, 0.05) is 0 Å². The molecule has 0 unspecified atom stereocenters. The summed E-state index contributed by atoms with van der Waals surface area (Å²) in [4.78, 5) is 26.9. The molecule has 180 valence electrons. The van der Waals surface area contributed by atoms with Gasteiger partial charge in [0.05, 0.1) is 35.5 Å². The Morgan fingerprint density at radius 3 is 2.80 bits per heavy atom. The van der Waals surface area contributed by atoms with E-state index in [9.17, 15) is 14.0 Å². The first kappa shape index (κ1) is 24.8. The molecule has 2 amide bonds. The van der Waals surface area contributed by atoms with E-state index >= 15 is 0 Å². The zero-order valence-corrected chi connectivity index (χ0v) is 20.6. The number of hydrogen-bond acceptors (Lipinski definition) is 7. The minimum absolute atomic E-state index is 0.0406. The van der Waals surface area contributed by atoms with E-state index in [2.05, 4.69) is 5.32 Å². The average molecular weight is 533 g/mol. The summed E-state index contributed by atoms with van der Waals surface area (Å²) in [5.74, 6) is -0.369. The molecule has 0 bridgehead atoms. The quantitative estimate of drug-likeness (QED) is 0.303. The number of para-hydroxylation sites is 1. The minimum atomic E-state index is -0.572. The number of carbonyl (C=O) groups is 2. The fraction of sp³-hybridized carbons (Fsp3) is 0.125. The lowest BCUT2D eigenvalue weighted by molar-refractivity contribution is -0.122. The molecule has 35 heavy (non-hydrogen) atoms. The topological polar surface area (TPSA) is 81.0 Å². The highest BCUT2D eigenvalue weighted by Crippen LogP contribution is 2.39. The summed E-state index contributed by atoms with van der Waals surface area (Å²) in [5, 5.41) is 2.60. The first-order valence-corrected chi connectivity index (χ1v) is 11.8. The van der Waals surface area contributed by atoms with E-state index < -0.39 is 18.3 Å². The summed E-state index contributed by atoms with van der Waals surface area (Å²) in [6, 6.07) is 12.5. The number of ether oxygens (including phenoxy) is 2. The summed E-state index contributed by atoms with van der Waals surface area (Å²) in [6.07, 6.45) is 3.18. The van der Waals surface area contributed by atoms with Gasteiger partial charge in [0.25, 0.3) is 11.8 Å². The Morgan fingerprint density at radius 2 is 2.09 bits per heavy atom. The summed E-state index contributed by atoms with van der Waals surface area (Å²) in [5.41, 5.74) is 0.618. The predicted molar refractivity (Wildman–Crippen MR) is 136 cm³/mol. The monoisotopic (exact) mass is 532 g/mol. The summed E-state index contributed by atoms with van der Waals surface area (Å²) < 4.78 is 30.4. The van der Waals surface area contributed by atoms with Crippen molar-refractivity contribution in [2.24, 2.45) is 0 Å². The number of amides is 2. The van der Waals surface area contributed by atoms with Crippen molar-refractivity contribution in [1.29, 1.82) is 0 Å². The SMILES string of the molecule is COc1cc(/C=C2\SC(=S)N(Cc3ccco3)C2=O)cc(Cl)c1OCC(=O)Nc1ccccc1F. The third-order valence-electron chi connectivity index (χ3n) is 4.81.